The molecule has 0 N–H and O–H groups in total. The number of benzene rings is 1. The van der Waals surface area contributed by atoms with Gasteiger partial charge in [0, 0.05) is 26.1 Å². The molecule has 21 heavy (non-hydrogen) atoms. The van der Waals surface area contributed by atoms with Gasteiger partial charge in [0.2, 0.25) is 0 Å². The maximum atomic E-state index is 5.97. The largest absolute Gasteiger partial charge is 0.352 e. The molecule has 5 aliphatic rings. The van der Waals surface area contributed by atoms with Crippen LogP contribution in [-0.4, -0.2) is 20.0 Å². The van der Waals surface area contributed by atoms with Crippen molar-refractivity contribution in [2.45, 2.75) is 30.5 Å². The lowest BCUT2D eigenvalue weighted by Gasteiger charge is -2.50. The van der Waals surface area contributed by atoms with Crippen LogP contribution in [0.1, 0.15) is 35.8 Å². The first kappa shape index (κ1) is 12.4. The smallest absolute Gasteiger partial charge is 0.180 e. The van der Waals surface area contributed by atoms with E-state index in [4.69, 9.17) is 9.47 Å². The van der Waals surface area contributed by atoms with Gasteiger partial charge in [0.05, 0.1) is 0 Å². The summed E-state index contributed by atoms with van der Waals surface area (Å²) in [6.45, 7) is 0. The molecule has 6 rings (SSSR count). The molecule has 0 radical (unpaired) electrons. The van der Waals surface area contributed by atoms with Gasteiger partial charge in [-0.15, -0.1) is 0 Å². The van der Waals surface area contributed by atoms with Gasteiger partial charge in [-0.3, -0.25) is 0 Å². The summed E-state index contributed by atoms with van der Waals surface area (Å²) in [5.41, 5.74) is 3.22. The minimum atomic E-state index is -0.405. The third-order valence-corrected chi connectivity index (χ3v) is 6.88. The molecule has 0 spiro atoms. The van der Waals surface area contributed by atoms with Crippen LogP contribution >= 0.6 is 0 Å². The number of hydrogen-bond donors (Lipinski definition) is 0. The first-order valence-corrected chi connectivity index (χ1v) is 8.19. The molecule has 0 aromatic heterocycles. The Labute approximate surface area is 126 Å². The molecule has 110 valence electrons. The van der Waals surface area contributed by atoms with Gasteiger partial charge >= 0.3 is 0 Å². The molecule has 6 atom stereocenters. The molecule has 0 heterocycles. The molecule has 0 aliphatic heterocycles. The summed E-state index contributed by atoms with van der Waals surface area (Å²) >= 11 is 0. The minimum Gasteiger partial charge on any atom is -0.352 e. The molecule has 5 aliphatic carbocycles. The van der Waals surface area contributed by atoms with E-state index in [1.807, 2.05) is 14.2 Å². The molecule has 2 saturated carbocycles. The molecule has 4 bridgehead atoms. The van der Waals surface area contributed by atoms with Crippen molar-refractivity contribution in [1.29, 1.82) is 0 Å². The second-order valence-electron chi connectivity index (χ2n) is 7.14. The molecule has 2 nitrogen and oxygen atoms in total. The number of methoxy groups -OCH3 is 2. The number of rotatable bonds is 2. The van der Waals surface area contributed by atoms with Crippen molar-refractivity contribution in [3.63, 3.8) is 0 Å². The Balaban J connectivity index is 1.69. The molecule has 1 aromatic carbocycles. The zero-order valence-corrected chi connectivity index (χ0v) is 12.7. The number of fused-ring (bicyclic) bond motifs is 3. The summed E-state index contributed by atoms with van der Waals surface area (Å²) in [6, 6.07) is 9.13. The topological polar surface area (TPSA) is 18.5 Å². The van der Waals surface area contributed by atoms with Crippen molar-refractivity contribution in [3.05, 3.63) is 47.5 Å². The molecule has 2 fully saturated rings. The highest BCUT2D eigenvalue weighted by atomic mass is 16.7. The van der Waals surface area contributed by atoms with Crippen LogP contribution in [0.15, 0.2) is 36.4 Å². The van der Waals surface area contributed by atoms with E-state index in [1.54, 1.807) is 11.1 Å². The van der Waals surface area contributed by atoms with Crippen LogP contribution in [0.3, 0.4) is 0 Å². The molecule has 1 aromatic rings. The van der Waals surface area contributed by atoms with Gasteiger partial charge in [0.1, 0.15) is 0 Å². The highest BCUT2D eigenvalue weighted by Crippen LogP contribution is 2.70. The first-order valence-electron chi connectivity index (χ1n) is 8.19. The van der Waals surface area contributed by atoms with Crippen LogP contribution < -0.4 is 0 Å². The molecule has 0 amide bonds. The SMILES string of the molecule is COC1(OC)[C@H]2C=C[C@H]1[C@H]1[C@@H]2[C@H]2CC[C@H]1c1ccccc12. The van der Waals surface area contributed by atoms with E-state index in [0.717, 1.165) is 0 Å². The minimum absolute atomic E-state index is 0.405. The molecular formula is C19H22O2. The summed E-state index contributed by atoms with van der Waals surface area (Å²) in [4.78, 5) is 0. The quantitative estimate of drug-likeness (QED) is 0.608. The summed E-state index contributed by atoms with van der Waals surface area (Å²) < 4.78 is 11.9. The van der Waals surface area contributed by atoms with Crippen LogP contribution in [0.5, 0.6) is 0 Å². The van der Waals surface area contributed by atoms with Gasteiger partial charge in [-0.1, -0.05) is 36.4 Å². The van der Waals surface area contributed by atoms with Crippen molar-refractivity contribution in [2.75, 3.05) is 14.2 Å². The lowest BCUT2D eigenvalue weighted by molar-refractivity contribution is -0.234. The van der Waals surface area contributed by atoms with E-state index in [9.17, 15) is 0 Å². The molecule has 0 saturated heterocycles. The van der Waals surface area contributed by atoms with E-state index >= 15 is 0 Å². The van der Waals surface area contributed by atoms with Crippen molar-refractivity contribution in [3.8, 4) is 0 Å². The van der Waals surface area contributed by atoms with E-state index in [-0.39, 0.29) is 0 Å². The third kappa shape index (κ3) is 1.24. The Morgan fingerprint density at radius 1 is 0.857 bits per heavy atom. The maximum absolute atomic E-state index is 5.97. The Hall–Kier alpha value is -1.12. The second kappa shape index (κ2) is 3.99. The van der Waals surface area contributed by atoms with Gasteiger partial charge in [0.15, 0.2) is 5.79 Å². The Bertz CT molecular complexity index is 567. The lowest BCUT2D eigenvalue weighted by Crippen LogP contribution is -2.41. The fourth-order valence-electron chi connectivity index (χ4n) is 6.32. The first-order chi connectivity index (χ1) is 10.3. The lowest BCUT2D eigenvalue weighted by atomic mass is 9.54. The summed E-state index contributed by atoms with van der Waals surface area (Å²) in [7, 11) is 3.64. The van der Waals surface area contributed by atoms with Crippen LogP contribution in [0.25, 0.3) is 0 Å². The van der Waals surface area contributed by atoms with Crippen molar-refractivity contribution >= 4 is 0 Å². The zero-order valence-electron chi connectivity index (χ0n) is 12.7. The van der Waals surface area contributed by atoms with Gasteiger partial charge in [-0.05, 0) is 47.6 Å². The Morgan fingerprint density at radius 3 is 1.76 bits per heavy atom. The monoisotopic (exact) mass is 282 g/mol. The normalized spacial score (nSPS) is 43.9. The fourth-order valence-corrected chi connectivity index (χ4v) is 6.32. The van der Waals surface area contributed by atoms with E-state index < -0.39 is 5.79 Å². The summed E-state index contributed by atoms with van der Waals surface area (Å²) in [5, 5.41) is 0. The van der Waals surface area contributed by atoms with Crippen LogP contribution in [0, 0.1) is 23.7 Å². The average Bonchev–Trinajstić information content (AvgIpc) is 3.07. The van der Waals surface area contributed by atoms with Gasteiger partial charge in [-0.2, -0.15) is 0 Å². The van der Waals surface area contributed by atoms with E-state index in [1.165, 1.54) is 12.8 Å². The van der Waals surface area contributed by atoms with Gasteiger partial charge < -0.3 is 9.47 Å². The van der Waals surface area contributed by atoms with Crippen molar-refractivity contribution < 1.29 is 9.47 Å². The zero-order chi connectivity index (χ0) is 14.2. The second-order valence-corrected chi connectivity index (χ2v) is 7.14. The predicted octanol–water partition coefficient (Wildman–Crippen LogP) is 3.70. The predicted molar refractivity (Wildman–Crippen MR) is 81.0 cm³/mol. The number of hydrogen-bond acceptors (Lipinski definition) is 2. The summed E-state index contributed by atoms with van der Waals surface area (Å²) in [5.74, 6) is 3.23. The molecular weight excluding hydrogens is 260 g/mol. The van der Waals surface area contributed by atoms with E-state index in [2.05, 4.69) is 36.4 Å². The summed E-state index contributed by atoms with van der Waals surface area (Å²) in [6.07, 6.45) is 7.43. The van der Waals surface area contributed by atoms with Gasteiger partial charge in [0.25, 0.3) is 0 Å². The van der Waals surface area contributed by atoms with Crippen LogP contribution in [-0.2, 0) is 9.47 Å². The average molecular weight is 282 g/mol. The fraction of sp³-hybridized carbons (Fsp3) is 0.579. The standard InChI is InChI=1S/C19H22O2/c1-20-19(21-2)15-9-10-16(19)18-14-8-7-13(17(15)18)11-5-3-4-6-12(11)14/h3-6,9-10,13-18H,7-8H2,1-2H3/t13-,14-,15-,16-,17-,18+/m0/s1. The Morgan fingerprint density at radius 2 is 1.33 bits per heavy atom. The van der Waals surface area contributed by atoms with Crippen molar-refractivity contribution in [1.82, 2.24) is 0 Å². The third-order valence-electron chi connectivity index (χ3n) is 6.88. The highest BCUT2D eigenvalue weighted by Gasteiger charge is 2.68. The van der Waals surface area contributed by atoms with Crippen molar-refractivity contribution in [2.24, 2.45) is 23.7 Å². The molecule has 2 heteroatoms. The number of ether oxygens (including phenoxy) is 2. The van der Waals surface area contributed by atoms with Crippen LogP contribution in [0.2, 0.25) is 0 Å². The van der Waals surface area contributed by atoms with Crippen LogP contribution in [0.4, 0.5) is 0 Å². The molecule has 0 unspecified atom stereocenters. The van der Waals surface area contributed by atoms with Gasteiger partial charge in [-0.25, -0.2) is 0 Å². The maximum Gasteiger partial charge on any atom is 0.180 e. The highest BCUT2D eigenvalue weighted by molar-refractivity contribution is 5.44. The van der Waals surface area contributed by atoms with E-state index in [0.29, 0.717) is 35.5 Å². The Kier molecular flexibility index (Phi) is 2.36.